The Balaban J connectivity index is 2.26. The fourth-order valence-corrected chi connectivity index (χ4v) is 2.11. The molecule has 2 rings (SSSR count). The molecule has 5 heteroatoms. The summed E-state index contributed by atoms with van der Waals surface area (Å²) in [6.45, 7) is 0.297. The molecule has 0 fully saturated rings. The summed E-state index contributed by atoms with van der Waals surface area (Å²) in [5.74, 6) is -0.755. The van der Waals surface area contributed by atoms with E-state index in [0.29, 0.717) is 17.8 Å². The number of halogens is 2. The number of hydrogen-bond donors (Lipinski definition) is 1. The zero-order valence-corrected chi connectivity index (χ0v) is 11.8. The number of rotatable bonds is 4. The lowest BCUT2D eigenvalue weighted by molar-refractivity contribution is 0.605. The normalized spacial score (nSPS) is 10.3. The molecule has 0 aromatic heterocycles. The highest BCUT2D eigenvalue weighted by Gasteiger charge is 2.12. The van der Waals surface area contributed by atoms with Gasteiger partial charge in [-0.25, -0.2) is 8.78 Å². The highest BCUT2D eigenvalue weighted by molar-refractivity contribution is 7.80. The second-order valence-electron chi connectivity index (χ2n) is 4.48. The Morgan fingerprint density at radius 1 is 1.20 bits per heavy atom. The van der Waals surface area contributed by atoms with E-state index in [1.165, 1.54) is 12.1 Å². The van der Waals surface area contributed by atoms with Crippen molar-refractivity contribution in [3.05, 3.63) is 65.2 Å². The third-order valence-electron chi connectivity index (χ3n) is 3.00. The van der Waals surface area contributed by atoms with Gasteiger partial charge in [-0.1, -0.05) is 30.4 Å². The van der Waals surface area contributed by atoms with Crippen molar-refractivity contribution in [2.45, 2.75) is 6.54 Å². The molecule has 0 aliphatic rings. The van der Waals surface area contributed by atoms with Crippen molar-refractivity contribution in [1.82, 2.24) is 0 Å². The quantitative estimate of drug-likeness (QED) is 0.877. The van der Waals surface area contributed by atoms with Crippen molar-refractivity contribution in [3.8, 4) is 0 Å². The van der Waals surface area contributed by atoms with Crippen LogP contribution in [0, 0.1) is 11.6 Å². The molecule has 2 aromatic carbocycles. The number of anilines is 1. The van der Waals surface area contributed by atoms with Crippen LogP contribution in [0.3, 0.4) is 0 Å². The Hall–Kier alpha value is -2.01. The summed E-state index contributed by atoms with van der Waals surface area (Å²) in [5, 5.41) is 0. The van der Waals surface area contributed by atoms with Gasteiger partial charge in [-0.3, -0.25) is 0 Å². The molecule has 0 saturated carbocycles. The van der Waals surface area contributed by atoms with E-state index < -0.39 is 5.82 Å². The maximum atomic E-state index is 14.2. The van der Waals surface area contributed by atoms with Crippen LogP contribution in [-0.4, -0.2) is 12.0 Å². The van der Waals surface area contributed by atoms with Gasteiger partial charge in [0.1, 0.15) is 16.6 Å². The van der Waals surface area contributed by atoms with Crippen molar-refractivity contribution < 1.29 is 8.78 Å². The van der Waals surface area contributed by atoms with Crippen LogP contribution < -0.4 is 10.6 Å². The summed E-state index contributed by atoms with van der Waals surface area (Å²) in [7, 11) is 1.77. The average molecular weight is 292 g/mol. The Kier molecular flexibility index (Phi) is 4.29. The van der Waals surface area contributed by atoms with Crippen LogP contribution in [0.4, 0.5) is 14.5 Å². The lowest BCUT2D eigenvalue weighted by Gasteiger charge is -2.20. The van der Waals surface area contributed by atoms with Gasteiger partial charge in [0.15, 0.2) is 0 Å². The van der Waals surface area contributed by atoms with Crippen molar-refractivity contribution in [1.29, 1.82) is 0 Å². The highest BCUT2D eigenvalue weighted by atomic mass is 32.1. The summed E-state index contributed by atoms with van der Waals surface area (Å²) in [6.07, 6.45) is 0. The van der Waals surface area contributed by atoms with E-state index in [0.717, 1.165) is 0 Å². The second-order valence-corrected chi connectivity index (χ2v) is 4.92. The molecule has 0 heterocycles. The molecule has 0 amide bonds. The summed E-state index contributed by atoms with van der Waals surface area (Å²) in [4.78, 5) is 1.78. The lowest BCUT2D eigenvalue weighted by Crippen LogP contribution is -2.19. The molecule has 20 heavy (non-hydrogen) atoms. The van der Waals surface area contributed by atoms with Gasteiger partial charge >= 0.3 is 0 Å². The molecule has 2 aromatic rings. The van der Waals surface area contributed by atoms with Crippen molar-refractivity contribution in [2.75, 3.05) is 11.9 Å². The molecule has 0 unspecified atom stereocenters. The van der Waals surface area contributed by atoms with Crippen LogP contribution in [0.1, 0.15) is 11.1 Å². The smallest absolute Gasteiger partial charge is 0.138 e. The molecule has 0 bridgehead atoms. The first kappa shape index (κ1) is 14.4. The molecule has 0 saturated heterocycles. The van der Waals surface area contributed by atoms with E-state index in [4.69, 9.17) is 18.0 Å². The molecule has 104 valence electrons. The van der Waals surface area contributed by atoms with Crippen LogP contribution in [0.15, 0.2) is 42.5 Å². The largest absolute Gasteiger partial charge is 0.389 e. The Bertz CT molecular complexity index is 644. The molecule has 0 atom stereocenters. The fourth-order valence-electron chi connectivity index (χ4n) is 1.95. The maximum Gasteiger partial charge on any atom is 0.138 e. The minimum atomic E-state index is -0.428. The molecule has 2 nitrogen and oxygen atoms in total. The third-order valence-corrected chi connectivity index (χ3v) is 3.22. The SMILES string of the molecule is CN(Cc1cccc(C(N)=S)c1F)c1cccc(F)c1. The minimum absolute atomic E-state index is 0.0257. The predicted molar refractivity (Wildman–Crippen MR) is 80.8 cm³/mol. The first-order valence-corrected chi connectivity index (χ1v) is 6.43. The zero-order chi connectivity index (χ0) is 14.7. The van der Waals surface area contributed by atoms with E-state index in [1.807, 2.05) is 0 Å². The van der Waals surface area contributed by atoms with Crippen LogP contribution in [-0.2, 0) is 6.54 Å². The topological polar surface area (TPSA) is 29.3 Å². The predicted octanol–water partition coefficient (Wildman–Crippen LogP) is 3.24. The van der Waals surface area contributed by atoms with E-state index in [-0.39, 0.29) is 16.4 Å². The van der Waals surface area contributed by atoms with E-state index in [9.17, 15) is 8.78 Å². The van der Waals surface area contributed by atoms with E-state index in [2.05, 4.69) is 0 Å². The van der Waals surface area contributed by atoms with Crippen molar-refractivity contribution >= 4 is 22.9 Å². The van der Waals surface area contributed by atoms with Gasteiger partial charge in [0, 0.05) is 30.4 Å². The van der Waals surface area contributed by atoms with Crippen LogP contribution in [0.25, 0.3) is 0 Å². The summed E-state index contributed by atoms with van der Waals surface area (Å²) < 4.78 is 27.4. The van der Waals surface area contributed by atoms with Gasteiger partial charge in [0.25, 0.3) is 0 Å². The molecule has 0 spiro atoms. The van der Waals surface area contributed by atoms with Gasteiger partial charge in [-0.15, -0.1) is 0 Å². The average Bonchev–Trinajstić information content (AvgIpc) is 2.40. The standard InChI is InChI=1S/C15H14F2N2S/c1-19(12-6-3-5-11(16)8-12)9-10-4-2-7-13(14(10)17)15(18)20/h2-8H,9H2,1H3,(H2,18,20). The van der Waals surface area contributed by atoms with Gasteiger partial charge in [0.05, 0.1) is 0 Å². The van der Waals surface area contributed by atoms with Gasteiger partial charge in [-0.05, 0) is 24.3 Å². The summed E-state index contributed by atoms with van der Waals surface area (Å²) in [6, 6.07) is 11.0. The first-order chi connectivity index (χ1) is 9.49. The van der Waals surface area contributed by atoms with Crippen LogP contribution >= 0.6 is 12.2 Å². The minimum Gasteiger partial charge on any atom is -0.389 e. The lowest BCUT2D eigenvalue weighted by atomic mass is 10.1. The number of hydrogen-bond acceptors (Lipinski definition) is 2. The maximum absolute atomic E-state index is 14.2. The van der Waals surface area contributed by atoms with Gasteiger partial charge < -0.3 is 10.6 Å². The molecule has 0 aliphatic heterocycles. The van der Waals surface area contributed by atoms with Gasteiger partial charge in [0.2, 0.25) is 0 Å². The van der Waals surface area contributed by atoms with E-state index in [1.54, 1.807) is 42.3 Å². The second kappa shape index (κ2) is 5.96. The molecule has 0 radical (unpaired) electrons. The molecule has 0 aliphatic carbocycles. The number of thiocarbonyl (C=S) groups is 1. The highest BCUT2D eigenvalue weighted by Crippen LogP contribution is 2.19. The van der Waals surface area contributed by atoms with E-state index >= 15 is 0 Å². The number of benzene rings is 2. The monoisotopic (exact) mass is 292 g/mol. The molecular weight excluding hydrogens is 278 g/mol. The van der Waals surface area contributed by atoms with Crippen LogP contribution in [0.5, 0.6) is 0 Å². The Morgan fingerprint density at radius 3 is 2.55 bits per heavy atom. The Morgan fingerprint density at radius 2 is 1.90 bits per heavy atom. The summed E-state index contributed by atoms with van der Waals surface area (Å²) in [5.41, 5.74) is 6.83. The van der Waals surface area contributed by atoms with Crippen LogP contribution in [0.2, 0.25) is 0 Å². The third kappa shape index (κ3) is 3.11. The number of nitrogens with two attached hydrogens (primary N) is 1. The molecule has 2 N–H and O–H groups in total. The fraction of sp³-hybridized carbons (Fsp3) is 0.133. The van der Waals surface area contributed by atoms with Crippen molar-refractivity contribution in [2.24, 2.45) is 5.73 Å². The summed E-state index contributed by atoms with van der Waals surface area (Å²) >= 11 is 4.81. The zero-order valence-electron chi connectivity index (χ0n) is 10.9. The molecular formula is C15H14F2N2S. The Labute approximate surface area is 121 Å². The van der Waals surface area contributed by atoms with Crippen molar-refractivity contribution in [3.63, 3.8) is 0 Å². The van der Waals surface area contributed by atoms with Gasteiger partial charge in [-0.2, -0.15) is 0 Å². The number of nitrogens with zero attached hydrogens (tertiary/aromatic N) is 1. The first-order valence-electron chi connectivity index (χ1n) is 6.03.